The Balaban J connectivity index is 1.92. The van der Waals surface area contributed by atoms with E-state index in [-0.39, 0.29) is 18.4 Å². The molecule has 7 heteroatoms. The largest absolute Gasteiger partial charge is 0.475 e. The molecule has 0 aliphatic rings. The van der Waals surface area contributed by atoms with Gasteiger partial charge in [-0.25, -0.2) is 0 Å². The molecule has 2 aromatic carbocycles. The molecular weight excluding hydrogens is 319 g/mol. The molecule has 0 aliphatic carbocycles. The number of benzene rings is 2. The van der Waals surface area contributed by atoms with Crippen LogP contribution in [0.1, 0.15) is 30.6 Å². The molecule has 25 heavy (non-hydrogen) atoms. The van der Waals surface area contributed by atoms with E-state index < -0.39 is 19.0 Å². The number of fused-ring (bicyclic) bond motifs is 1. The standard InChI is InChI=1S/C18H23BN2O4/c1-12(2)9-16(19(24)25)21-17(22)11-20-18(23)15-8-7-13-5-3-4-6-14(13)10-15/h3-8,10,12,16,24-25H,9,11H2,1-2H3,(H,20,23)(H,21,22)/t16-/m0/s1. The average Bonchev–Trinajstić information content (AvgIpc) is 2.58. The summed E-state index contributed by atoms with van der Waals surface area (Å²) in [6.07, 6.45) is 0.433. The van der Waals surface area contributed by atoms with Gasteiger partial charge in [-0.2, -0.15) is 0 Å². The van der Waals surface area contributed by atoms with Crippen LogP contribution in [0.25, 0.3) is 10.8 Å². The highest BCUT2D eigenvalue weighted by Crippen LogP contribution is 2.15. The molecule has 0 aliphatic heterocycles. The minimum atomic E-state index is -1.64. The minimum Gasteiger partial charge on any atom is -0.426 e. The van der Waals surface area contributed by atoms with Crippen molar-refractivity contribution in [2.45, 2.75) is 26.2 Å². The Morgan fingerprint density at radius 1 is 1.08 bits per heavy atom. The Kier molecular flexibility index (Phi) is 6.55. The van der Waals surface area contributed by atoms with Gasteiger partial charge in [0, 0.05) is 5.56 Å². The van der Waals surface area contributed by atoms with Crippen molar-refractivity contribution in [3.8, 4) is 0 Å². The Morgan fingerprint density at radius 3 is 2.40 bits per heavy atom. The third-order valence-electron chi connectivity index (χ3n) is 3.85. The van der Waals surface area contributed by atoms with Gasteiger partial charge in [0.1, 0.15) is 0 Å². The second-order valence-corrected chi connectivity index (χ2v) is 6.46. The monoisotopic (exact) mass is 342 g/mol. The summed E-state index contributed by atoms with van der Waals surface area (Å²) in [5.41, 5.74) is 0.465. The predicted octanol–water partition coefficient (Wildman–Crippen LogP) is 1.11. The van der Waals surface area contributed by atoms with Crippen molar-refractivity contribution in [2.75, 3.05) is 6.54 Å². The number of hydrogen-bond acceptors (Lipinski definition) is 4. The first-order valence-corrected chi connectivity index (χ1v) is 8.29. The average molecular weight is 342 g/mol. The van der Waals surface area contributed by atoms with Gasteiger partial charge >= 0.3 is 7.12 Å². The highest BCUT2D eigenvalue weighted by Gasteiger charge is 2.26. The van der Waals surface area contributed by atoms with Crippen LogP contribution in [-0.4, -0.2) is 41.5 Å². The van der Waals surface area contributed by atoms with Gasteiger partial charge in [-0.3, -0.25) is 9.59 Å². The van der Waals surface area contributed by atoms with E-state index in [1.54, 1.807) is 12.1 Å². The van der Waals surface area contributed by atoms with E-state index in [0.717, 1.165) is 10.8 Å². The maximum Gasteiger partial charge on any atom is 0.475 e. The molecule has 0 saturated carbocycles. The van der Waals surface area contributed by atoms with Crippen LogP contribution in [0.4, 0.5) is 0 Å². The van der Waals surface area contributed by atoms with Crippen molar-refractivity contribution in [3.05, 3.63) is 48.0 Å². The van der Waals surface area contributed by atoms with Gasteiger partial charge in [0.25, 0.3) is 5.91 Å². The van der Waals surface area contributed by atoms with E-state index in [1.165, 1.54) is 0 Å². The molecule has 0 heterocycles. The van der Waals surface area contributed by atoms with Crippen LogP contribution in [0.3, 0.4) is 0 Å². The zero-order valence-corrected chi connectivity index (χ0v) is 14.4. The first-order valence-electron chi connectivity index (χ1n) is 8.29. The third-order valence-corrected chi connectivity index (χ3v) is 3.85. The Morgan fingerprint density at radius 2 is 1.76 bits per heavy atom. The lowest BCUT2D eigenvalue weighted by Crippen LogP contribution is -2.50. The van der Waals surface area contributed by atoms with Crippen molar-refractivity contribution in [2.24, 2.45) is 5.92 Å². The fraction of sp³-hybridized carbons (Fsp3) is 0.333. The number of rotatable bonds is 7. The molecule has 0 bridgehead atoms. The normalized spacial score (nSPS) is 12.0. The van der Waals surface area contributed by atoms with E-state index >= 15 is 0 Å². The van der Waals surface area contributed by atoms with E-state index in [4.69, 9.17) is 0 Å². The molecule has 0 aromatic heterocycles. The van der Waals surface area contributed by atoms with Crippen LogP contribution in [0.2, 0.25) is 0 Å². The highest BCUT2D eigenvalue weighted by atomic mass is 16.4. The highest BCUT2D eigenvalue weighted by molar-refractivity contribution is 6.43. The maximum absolute atomic E-state index is 12.2. The van der Waals surface area contributed by atoms with E-state index in [2.05, 4.69) is 10.6 Å². The fourth-order valence-corrected chi connectivity index (χ4v) is 2.61. The molecule has 2 rings (SSSR count). The molecule has 4 N–H and O–H groups in total. The van der Waals surface area contributed by atoms with Crippen LogP contribution in [-0.2, 0) is 4.79 Å². The number of carbonyl (C=O) groups excluding carboxylic acids is 2. The zero-order valence-electron chi connectivity index (χ0n) is 14.4. The summed E-state index contributed by atoms with van der Waals surface area (Å²) in [7, 11) is -1.64. The van der Waals surface area contributed by atoms with E-state index in [1.807, 2.05) is 44.2 Å². The smallest absolute Gasteiger partial charge is 0.426 e. The lowest BCUT2D eigenvalue weighted by molar-refractivity contribution is -0.120. The Bertz CT molecular complexity index is 749. The molecule has 1 atom stereocenters. The second kappa shape index (κ2) is 8.64. The van der Waals surface area contributed by atoms with Crippen molar-refractivity contribution in [1.82, 2.24) is 10.6 Å². The summed E-state index contributed by atoms with van der Waals surface area (Å²) in [6, 6.07) is 13.0. The number of amides is 2. The zero-order chi connectivity index (χ0) is 18.4. The van der Waals surface area contributed by atoms with E-state index in [0.29, 0.717) is 12.0 Å². The summed E-state index contributed by atoms with van der Waals surface area (Å²) in [5, 5.41) is 25.7. The van der Waals surface area contributed by atoms with Crippen molar-refractivity contribution < 1.29 is 19.6 Å². The second-order valence-electron chi connectivity index (χ2n) is 6.46. The molecule has 2 amide bonds. The van der Waals surface area contributed by atoms with Gasteiger partial charge in [0.05, 0.1) is 12.5 Å². The van der Waals surface area contributed by atoms with Crippen molar-refractivity contribution >= 4 is 29.7 Å². The summed E-state index contributed by atoms with van der Waals surface area (Å²) < 4.78 is 0. The Labute approximate surface area is 147 Å². The molecule has 0 radical (unpaired) electrons. The minimum absolute atomic E-state index is 0.194. The van der Waals surface area contributed by atoms with Crippen LogP contribution in [0.5, 0.6) is 0 Å². The maximum atomic E-state index is 12.2. The number of hydrogen-bond donors (Lipinski definition) is 4. The molecule has 0 saturated heterocycles. The number of nitrogens with one attached hydrogen (secondary N) is 2. The molecule has 0 spiro atoms. The lowest BCUT2D eigenvalue weighted by Gasteiger charge is -2.19. The van der Waals surface area contributed by atoms with Gasteiger partial charge in [-0.1, -0.05) is 44.2 Å². The van der Waals surface area contributed by atoms with E-state index in [9.17, 15) is 19.6 Å². The molecule has 132 valence electrons. The summed E-state index contributed by atoms with van der Waals surface area (Å²) in [6.45, 7) is 3.61. The summed E-state index contributed by atoms with van der Waals surface area (Å²) in [5.74, 6) is -1.39. The molecule has 6 nitrogen and oxygen atoms in total. The topological polar surface area (TPSA) is 98.7 Å². The van der Waals surface area contributed by atoms with Crippen LogP contribution >= 0.6 is 0 Å². The quantitative estimate of drug-likeness (QED) is 0.567. The lowest BCUT2D eigenvalue weighted by atomic mass is 9.75. The number of carbonyl (C=O) groups is 2. The summed E-state index contributed by atoms with van der Waals surface area (Å²) >= 11 is 0. The van der Waals surface area contributed by atoms with Gasteiger partial charge in [0.15, 0.2) is 0 Å². The van der Waals surface area contributed by atoms with Crippen LogP contribution in [0.15, 0.2) is 42.5 Å². The van der Waals surface area contributed by atoms with Gasteiger partial charge < -0.3 is 20.7 Å². The first kappa shape index (κ1) is 19.0. The molecule has 0 unspecified atom stereocenters. The third kappa shape index (κ3) is 5.58. The summed E-state index contributed by atoms with van der Waals surface area (Å²) in [4.78, 5) is 24.1. The molecule has 2 aromatic rings. The van der Waals surface area contributed by atoms with Gasteiger partial charge in [0.2, 0.25) is 5.91 Å². The van der Waals surface area contributed by atoms with Crippen LogP contribution < -0.4 is 10.6 Å². The SMILES string of the molecule is CC(C)C[C@H](NC(=O)CNC(=O)c1ccc2ccccc2c1)B(O)O. The molecular formula is C18H23BN2O4. The van der Waals surface area contributed by atoms with Crippen molar-refractivity contribution in [3.63, 3.8) is 0 Å². The molecule has 0 fully saturated rings. The fourth-order valence-electron chi connectivity index (χ4n) is 2.61. The van der Waals surface area contributed by atoms with Gasteiger partial charge in [-0.15, -0.1) is 0 Å². The van der Waals surface area contributed by atoms with Gasteiger partial charge in [-0.05, 0) is 35.2 Å². The van der Waals surface area contributed by atoms with Crippen molar-refractivity contribution in [1.29, 1.82) is 0 Å². The Hall–Kier alpha value is -2.38. The van der Waals surface area contributed by atoms with Crippen LogP contribution in [0, 0.1) is 5.92 Å². The first-order chi connectivity index (χ1) is 11.9. The predicted molar refractivity (Wildman–Crippen MR) is 97.9 cm³/mol.